The number of nitrogens with two attached hydrogens (primary N) is 1. The first-order chi connectivity index (χ1) is 9.51. The molecule has 0 aliphatic rings. The van der Waals surface area contributed by atoms with E-state index >= 15 is 0 Å². The first-order valence-corrected chi connectivity index (χ1v) is 7.34. The quantitative estimate of drug-likeness (QED) is 0.842. The average Bonchev–Trinajstić information content (AvgIpc) is 2.41. The molecule has 0 saturated carbocycles. The molecule has 2 aromatic rings. The van der Waals surface area contributed by atoms with Gasteiger partial charge in [0.15, 0.2) is 0 Å². The predicted molar refractivity (Wildman–Crippen MR) is 77.4 cm³/mol. The maximum absolute atomic E-state index is 12.1. The van der Waals surface area contributed by atoms with Crippen LogP contribution in [-0.4, -0.2) is 8.42 Å². The van der Waals surface area contributed by atoms with Gasteiger partial charge in [-0.25, -0.2) is 8.42 Å². The normalized spacial score (nSPS) is 10.8. The standard InChI is InChI=1S/C14H13N3O2S/c15-10-9-11-1-5-13(6-2-11)17-20(18,19)14-7-3-12(16)4-8-14/h1-8,17H,9,16H2. The minimum Gasteiger partial charge on any atom is -0.399 e. The van der Waals surface area contributed by atoms with Gasteiger partial charge < -0.3 is 5.73 Å². The first-order valence-electron chi connectivity index (χ1n) is 5.85. The summed E-state index contributed by atoms with van der Waals surface area (Å²) in [6, 6.07) is 14.7. The molecule has 0 unspecified atom stereocenters. The maximum atomic E-state index is 12.1. The summed E-state index contributed by atoms with van der Waals surface area (Å²) in [6.45, 7) is 0. The van der Waals surface area contributed by atoms with Gasteiger partial charge in [-0.15, -0.1) is 0 Å². The van der Waals surface area contributed by atoms with Crippen LogP contribution in [0.5, 0.6) is 0 Å². The lowest BCUT2D eigenvalue weighted by atomic mass is 10.1. The monoisotopic (exact) mass is 287 g/mol. The molecule has 0 heterocycles. The van der Waals surface area contributed by atoms with Crippen LogP contribution in [0.3, 0.4) is 0 Å². The lowest BCUT2D eigenvalue weighted by Crippen LogP contribution is -2.12. The average molecular weight is 287 g/mol. The molecule has 2 aromatic carbocycles. The van der Waals surface area contributed by atoms with E-state index in [-0.39, 0.29) is 4.90 Å². The highest BCUT2D eigenvalue weighted by atomic mass is 32.2. The third kappa shape index (κ3) is 3.28. The number of nitriles is 1. The van der Waals surface area contributed by atoms with Crippen molar-refractivity contribution in [3.8, 4) is 6.07 Å². The van der Waals surface area contributed by atoms with Gasteiger partial charge in [-0.1, -0.05) is 12.1 Å². The van der Waals surface area contributed by atoms with Gasteiger partial charge in [-0.3, -0.25) is 4.72 Å². The third-order valence-electron chi connectivity index (χ3n) is 2.68. The van der Waals surface area contributed by atoms with Crippen molar-refractivity contribution in [2.45, 2.75) is 11.3 Å². The predicted octanol–water partition coefficient (Wildman–Crippen LogP) is 2.14. The minimum atomic E-state index is -3.63. The zero-order chi connectivity index (χ0) is 14.6. The molecule has 20 heavy (non-hydrogen) atoms. The fraction of sp³-hybridized carbons (Fsp3) is 0.0714. The van der Waals surface area contributed by atoms with Gasteiger partial charge in [0.1, 0.15) is 0 Å². The largest absolute Gasteiger partial charge is 0.399 e. The van der Waals surface area contributed by atoms with E-state index in [1.807, 2.05) is 6.07 Å². The van der Waals surface area contributed by atoms with Gasteiger partial charge in [-0.05, 0) is 42.0 Å². The van der Waals surface area contributed by atoms with E-state index in [9.17, 15) is 8.42 Å². The first kappa shape index (κ1) is 13.9. The number of sulfonamides is 1. The van der Waals surface area contributed by atoms with Crippen molar-refractivity contribution in [3.63, 3.8) is 0 Å². The fourth-order valence-electron chi connectivity index (χ4n) is 1.64. The van der Waals surface area contributed by atoms with Gasteiger partial charge in [-0.2, -0.15) is 5.26 Å². The Morgan fingerprint density at radius 3 is 2.20 bits per heavy atom. The Morgan fingerprint density at radius 1 is 1.05 bits per heavy atom. The molecule has 0 amide bonds. The number of nitrogens with one attached hydrogen (secondary N) is 1. The Morgan fingerprint density at radius 2 is 1.65 bits per heavy atom. The molecule has 0 atom stereocenters. The second-order valence-electron chi connectivity index (χ2n) is 4.21. The number of nitrogen functional groups attached to an aromatic ring is 1. The molecule has 0 bridgehead atoms. The lowest BCUT2D eigenvalue weighted by molar-refractivity contribution is 0.601. The van der Waals surface area contributed by atoms with Crippen molar-refractivity contribution in [1.29, 1.82) is 5.26 Å². The molecule has 2 rings (SSSR count). The summed E-state index contributed by atoms with van der Waals surface area (Å²) in [5.41, 5.74) is 7.31. The van der Waals surface area contributed by atoms with Gasteiger partial charge in [0.2, 0.25) is 0 Å². The van der Waals surface area contributed by atoms with E-state index in [4.69, 9.17) is 11.0 Å². The van der Waals surface area contributed by atoms with Gasteiger partial charge in [0.25, 0.3) is 10.0 Å². The van der Waals surface area contributed by atoms with E-state index in [0.29, 0.717) is 17.8 Å². The van der Waals surface area contributed by atoms with Gasteiger partial charge in [0.05, 0.1) is 17.4 Å². The molecule has 0 aromatic heterocycles. The zero-order valence-corrected chi connectivity index (χ0v) is 11.4. The summed E-state index contributed by atoms with van der Waals surface area (Å²) in [5.74, 6) is 0. The smallest absolute Gasteiger partial charge is 0.261 e. The maximum Gasteiger partial charge on any atom is 0.261 e. The van der Waals surface area contributed by atoms with Crippen molar-refractivity contribution < 1.29 is 8.42 Å². The number of hydrogen-bond acceptors (Lipinski definition) is 4. The second kappa shape index (κ2) is 5.63. The molecule has 5 nitrogen and oxygen atoms in total. The Hall–Kier alpha value is -2.52. The van der Waals surface area contributed by atoms with Crippen LogP contribution in [-0.2, 0) is 16.4 Å². The summed E-state index contributed by atoms with van der Waals surface area (Å²) >= 11 is 0. The van der Waals surface area contributed by atoms with Gasteiger partial charge in [0, 0.05) is 11.4 Å². The molecule has 102 valence electrons. The van der Waals surface area contributed by atoms with Crippen molar-refractivity contribution in [2.24, 2.45) is 0 Å². The Kier molecular flexibility index (Phi) is 3.91. The van der Waals surface area contributed by atoms with Crippen LogP contribution >= 0.6 is 0 Å². The number of anilines is 2. The Labute approximate surface area is 117 Å². The Balaban J connectivity index is 2.20. The highest BCUT2D eigenvalue weighted by Gasteiger charge is 2.13. The van der Waals surface area contributed by atoms with E-state index in [2.05, 4.69) is 4.72 Å². The third-order valence-corrected chi connectivity index (χ3v) is 4.08. The molecule has 3 N–H and O–H groups in total. The number of hydrogen-bond donors (Lipinski definition) is 2. The second-order valence-corrected chi connectivity index (χ2v) is 5.89. The molecule has 0 saturated heterocycles. The minimum absolute atomic E-state index is 0.146. The van der Waals surface area contributed by atoms with Crippen LogP contribution in [0.2, 0.25) is 0 Å². The van der Waals surface area contributed by atoms with Crippen LogP contribution in [0.15, 0.2) is 53.4 Å². The fourth-order valence-corrected chi connectivity index (χ4v) is 2.70. The van der Waals surface area contributed by atoms with Crippen LogP contribution in [0.25, 0.3) is 0 Å². The summed E-state index contributed by atoms with van der Waals surface area (Å²) in [4.78, 5) is 0.146. The topological polar surface area (TPSA) is 96.0 Å². The van der Waals surface area contributed by atoms with E-state index in [1.165, 1.54) is 24.3 Å². The van der Waals surface area contributed by atoms with Crippen molar-refractivity contribution in [3.05, 3.63) is 54.1 Å². The number of nitrogens with zero attached hydrogens (tertiary/aromatic N) is 1. The molecule has 6 heteroatoms. The van der Waals surface area contributed by atoms with Crippen molar-refractivity contribution in [2.75, 3.05) is 10.5 Å². The molecule has 0 aliphatic heterocycles. The molecular formula is C14H13N3O2S. The highest BCUT2D eigenvalue weighted by Crippen LogP contribution is 2.17. The SMILES string of the molecule is N#CCc1ccc(NS(=O)(=O)c2ccc(N)cc2)cc1. The van der Waals surface area contributed by atoms with Crippen LogP contribution in [0, 0.1) is 11.3 Å². The summed E-state index contributed by atoms with van der Waals surface area (Å²) < 4.78 is 26.7. The highest BCUT2D eigenvalue weighted by molar-refractivity contribution is 7.92. The summed E-state index contributed by atoms with van der Waals surface area (Å²) in [6.07, 6.45) is 0.297. The lowest BCUT2D eigenvalue weighted by Gasteiger charge is -2.08. The molecular weight excluding hydrogens is 274 g/mol. The van der Waals surface area contributed by atoms with Crippen LogP contribution in [0.4, 0.5) is 11.4 Å². The van der Waals surface area contributed by atoms with E-state index < -0.39 is 10.0 Å². The van der Waals surface area contributed by atoms with Crippen molar-refractivity contribution >= 4 is 21.4 Å². The Bertz CT molecular complexity index is 729. The number of rotatable bonds is 4. The molecule has 0 radical (unpaired) electrons. The molecule has 0 fully saturated rings. The van der Waals surface area contributed by atoms with Crippen LogP contribution in [0.1, 0.15) is 5.56 Å². The van der Waals surface area contributed by atoms with Crippen LogP contribution < -0.4 is 10.5 Å². The summed E-state index contributed by atoms with van der Waals surface area (Å²) in [5, 5.41) is 8.57. The summed E-state index contributed by atoms with van der Waals surface area (Å²) in [7, 11) is -3.63. The van der Waals surface area contributed by atoms with Crippen molar-refractivity contribution in [1.82, 2.24) is 0 Å². The zero-order valence-electron chi connectivity index (χ0n) is 10.6. The molecule has 0 spiro atoms. The van der Waals surface area contributed by atoms with E-state index in [0.717, 1.165) is 5.56 Å². The van der Waals surface area contributed by atoms with Gasteiger partial charge >= 0.3 is 0 Å². The van der Waals surface area contributed by atoms with E-state index in [1.54, 1.807) is 24.3 Å². The molecule has 0 aliphatic carbocycles. The number of benzene rings is 2.